The third-order valence-corrected chi connectivity index (χ3v) is 6.05. The van der Waals surface area contributed by atoms with Crippen LogP contribution >= 0.6 is 0 Å². The van der Waals surface area contributed by atoms with Gasteiger partial charge in [-0.1, -0.05) is 30.3 Å². The van der Waals surface area contributed by atoms with Crippen LogP contribution in [0.4, 0.5) is 5.69 Å². The van der Waals surface area contributed by atoms with E-state index in [2.05, 4.69) is 48.2 Å². The van der Waals surface area contributed by atoms with E-state index in [1.54, 1.807) is 7.11 Å². The molecule has 3 aromatic carbocycles. The monoisotopic (exact) mass is 410 g/mol. The highest BCUT2D eigenvalue weighted by molar-refractivity contribution is 5.84. The van der Waals surface area contributed by atoms with Crippen molar-refractivity contribution in [1.82, 2.24) is 4.98 Å². The number of hydrogen-bond acceptors (Lipinski definition) is 4. The number of aryl methyl sites for hydroxylation is 1. The molecule has 4 nitrogen and oxygen atoms in total. The average Bonchev–Trinajstić information content (AvgIpc) is 3.29. The zero-order valence-corrected chi connectivity index (χ0v) is 17.9. The highest BCUT2D eigenvalue weighted by Gasteiger charge is 2.25. The van der Waals surface area contributed by atoms with Crippen LogP contribution in [0.1, 0.15) is 23.6 Å². The second kappa shape index (κ2) is 8.31. The molecule has 5 rings (SSSR count). The van der Waals surface area contributed by atoms with Gasteiger partial charge in [0, 0.05) is 24.4 Å². The van der Waals surface area contributed by atoms with Crippen LogP contribution in [0.5, 0.6) is 17.2 Å². The van der Waals surface area contributed by atoms with E-state index in [-0.39, 0.29) is 0 Å². The molecule has 0 N–H and O–H groups in total. The number of anilines is 1. The summed E-state index contributed by atoms with van der Waals surface area (Å²) in [4.78, 5) is 7.33. The number of benzene rings is 3. The van der Waals surface area contributed by atoms with E-state index in [1.807, 2.05) is 42.5 Å². The maximum Gasteiger partial charge on any atom is 0.128 e. The van der Waals surface area contributed by atoms with Crippen LogP contribution in [0.2, 0.25) is 0 Å². The Balaban J connectivity index is 1.39. The van der Waals surface area contributed by atoms with Gasteiger partial charge in [0.1, 0.15) is 17.2 Å². The molecule has 0 aliphatic carbocycles. The molecule has 1 aliphatic heterocycles. The van der Waals surface area contributed by atoms with E-state index in [0.717, 1.165) is 53.4 Å². The second-order valence-electron chi connectivity index (χ2n) is 8.07. The third kappa shape index (κ3) is 4.06. The fourth-order valence-electron chi connectivity index (χ4n) is 4.38. The molecule has 156 valence electrons. The lowest BCUT2D eigenvalue weighted by Crippen LogP contribution is -2.20. The molecule has 1 aliphatic rings. The lowest BCUT2D eigenvalue weighted by atomic mass is 9.98. The van der Waals surface area contributed by atoms with Crippen molar-refractivity contribution < 1.29 is 9.47 Å². The van der Waals surface area contributed by atoms with Gasteiger partial charge in [-0.25, -0.2) is 0 Å². The summed E-state index contributed by atoms with van der Waals surface area (Å²) in [6.07, 6.45) is 1.14. The van der Waals surface area contributed by atoms with Crippen molar-refractivity contribution in [3.8, 4) is 17.2 Å². The van der Waals surface area contributed by atoms with E-state index in [9.17, 15) is 0 Å². The molecular formula is C27H26N2O2. The quantitative estimate of drug-likeness (QED) is 0.385. The number of ether oxygens (including phenoxy) is 2. The molecule has 0 amide bonds. The lowest BCUT2D eigenvalue weighted by Gasteiger charge is -2.21. The molecule has 1 aromatic heterocycles. The molecule has 1 fully saturated rings. The van der Waals surface area contributed by atoms with Gasteiger partial charge in [-0.15, -0.1) is 0 Å². The smallest absolute Gasteiger partial charge is 0.128 e. The maximum absolute atomic E-state index is 6.02. The molecule has 1 atom stereocenters. The number of para-hydroxylation sites is 1. The van der Waals surface area contributed by atoms with Crippen LogP contribution in [0.25, 0.3) is 10.9 Å². The summed E-state index contributed by atoms with van der Waals surface area (Å²) in [5, 5.41) is 1.10. The number of nitrogens with zero attached hydrogens (tertiary/aromatic N) is 2. The summed E-state index contributed by atoms with van der Waals surface area (Å²) < 4.78 is 11.3. The van der Waals surface area contributed by atoms with Crippen LogP contribution in [-0.2, 0) is 0 Å². The Morgan fingerprint density at radius 2 is 1.65 bits per heavy atom. The molecule has 0 radical (unpaired) electrons. The molecule has 4 aromatic rings. The number of methoxy groups -OCH3 is 1. The number of hydrogen-bond donors (Lipinski definition) is 0. The third-order valence-electron chi connectivity index (χ3n) is 6.05. The van der Waals surface area contributed by atoms with Crippen molar-refractivity contribution in [3.63, 3.8) is 0 Å². The van der Waals surface area contributed by atoms with Crippen LogP contribution in [-0.4, -0.2) is 25.2 Å². The largest absolute Gasteiger partial charge is 0.497 e. The number of pyridine rings is 1. The second-order valence-corrected chi connectivity index (χ2v) is 8.07. The Bertz CT molecular complexity index is 1190. The van der Waals surface area contributed by atoms with Crippen LogP contribution in [0.15, 0.2) is 78.9 Å². The van der Waals surface area contributed by atoms with E-state index in [4.69, 9.17) is 14.5 Å². The lowest BCUT2D eigenvalue weighted by molar-refractivity contribution is 0.414. The molecule has 0 spiro atoms. The summed E-state index contributed by atoms with van der Waals surface area (Å²) in [7, 11) is 1.71. The minimum atomic E-state index is 0.522. The number of rotatable bonds is 5. The average molecular weight is 411 g/mol. The molecule has 0 bridgehead atoms. The molecule has 1 saturated heterocycles. The standard InChI is InChI=1S/C27H26N2O2/c1-19-27(29-15-14-21(18-29)20-8-10-23(30-2)11-9-20)17-22-16-25(12-13-26(22)28-19)31-24-6-4-3-5-7-24/h3-13,16-17,21H,14-15,18H2,1-2H3. The first-order valence-electron chi connectivity index (χ1n) is 10.7. The highest BCUT2D eigenvalue weighted by atomic mass is 16.5. The minimum Gasteiger partial charge on any atom is -0.497 e. The van der Waals surface area contributed by atoms with Crippen molar-refractivity contribution in [2.75, 3.05) is 25.1 Å². The Hall–Kier alpha value is -3.53. The Morgan fingerprint density at radius 3 is 2.42 bits per heavy atom. The first-order chi connectivity index (χ1) is 15.2. The van der Waals surface area contributed by atoms with Gasteiger partial charge in [-0.3, -0.25) is 4.98 Å². The molecule has 2 heterocycles. The van der Waals surface area contributed by atoms with E-state index >= 15 is 0 Å². The maximum atomic E-state index is 6.02. The highest BCUT2D eigenvalue weighted by Crippen LogP contribution is 2.35. The molecule has 4 heteroatoms. The van der Waals surface area contributed by atoms with Crippen molar-refractivity contribution in [3.05, 3.63) is 90.1 Å². The summed E-state index contributed by atoms with van der Waals surface area (Å²) in [6.45, 7) is 4.13. The summed E-state index contributed by atoms with van der Waals surface area (Å²) >= 11 is 0. The van der Waals surface area contributed by atoms with Crippen LogP contribution < -0.4 is 14.4 Å². The Labute approximate surface area is 183 Å². The number of aromatic nitrogens is 1. The van der Waals surface area contributed by atoms with Crippen LogP contribution in [0.3, 0.4) is 0 Å². The summed E-state index contributed by atoms with van der Waals surface area (Å²) in [5.74, 6) is 3.09. The van der Waals surface area contributed by atoms with E-state index in [1.165, 1.54) is 11.3 Å². The Kier molecular flexibility index (Phi) is 5.21. The fourth-order valence-corrected chi connectivity index (χ4v) is 4.38. The number of fused-ring (bicyclic) bond motifs is 1. The van der Waals surface area contributed by atoms with Gasteiger partial charge in [0.25, 0.3) is 0 Å². The first-order valence-corrected chi connectivity index (χ1v) is 10.7. The molecule has 31 heavy (non-hydrogen) atoms. The Morgan fingerprint density at radius 1 is 0.871 bits per heavy atom. The predicted molar refractivity (Wildman–Crippen MR) is 126 cm³/mol. The predicted octanol–water partition coefficient (Wildman–Crippen LogP) is 6.34. The SMILES string of the molecule is COc1ccc(C2CCN(c3cc4cc(Oc5ccccc5)ccc4nc3C)C2)cc1. The van der Waals surface area contributed by atoms with Crippen molar-refractivity contribution >= 4 is 16.6 Å². The first kappa shape index (κ1) is 19.4. The van der Waals surface area contributed by atoms with Gasteiger partial charge < -0.3 is 14.4 Å². The minimum absolute atomic E-state index is 0.522. The normalized spacial score (nSPS) is 15.9. The van der Waals surface area contributed by atoms with Gasteiger partial charge >= 0.3 is 0 Å². The summed E-state index contributed by atoms with van der Waals surface area (Å²) in [5.41, 5.74) is 4.64. The van der Waals surface area contributed by atoms with Gasteiger partial charge in [0.15, 0.2) is 0 Å². The fraction of sp³-hybridized carbons (Fsp3) is 0.222. The molecule has 0 saturated carbocycles. The zero-order valence-electron chi connectivity index (χ0n) is 17.9. The van der Waals surface area contributed by atoms with Crippen molar-refractivity contribution in [2.24, 2.45) is 0 Å². The van der Waals surface area contributed by atoms with Gasteiger partial charge in [0.05, 0.1) is 24.0 Å². The van der Waals surface area contributed by atoms with E-state index in [0.29, 0.717) is 5.92 Å². The molecule has 1 unspecified atom stereocenters. The van der Waals surface area contributed by atoms with E-state index < -0.39 is 0 Å². The summed E-state index contributed by atoms with van der Waals surface area (Å²) in [6, 6.07) is 26.7. The van der Waals surface area contributed by atoms with Gasteiger partial charge in [-0.05, 0) is 67.4 Å². The topological polar surface area (TPSA) is 34.6 Å². The van der Waals surface area contributed by atoms with Crippen molar-refractivity contribution in [1.29, 1.82) is 0 Å². The zero-order chi connectivity index (χ0) is 21.2. The van der Waals surface area contributed by atoms with Gasteiger partial charge in [0.2, 0.25) is 0 Å². The van der Waals surface area contributed by atoms with Crippen molar-refractivity contribution in [2.45, 2.75) is 19.3 Å². The van der Waals surface area contributed by atoms with Crippen LogP contribution in [0, 0.1) is 6.92 Å². The molecular weight excluding hydrogens is 384 g/mol. The van der Waals surface area contributed by atoms with Gasteiger partial charge in [-0.2, -0.15) is 0 Å².